The topological polar surface area (TPSA) is 208 Å². The summed E-state index contributed by atoms with van der Waals surface area (Å²) in [5, 5.41) is 9.75. The fourth-order valence-corrected chi connectivity index (χ4v) is 6.94. The normalized spacial score (nSPS) is 18.0. The van der Waals surface area contributed by atoms with Gasteiger partial charge in [0.1, 0.15) is 12.7 Å². The van der Waals surface area contributed by atoms with E-state index in [0.29, 0.717) is 25.4 Å². The monoisotopic (exact) mass is 890 g/mol. The number of ether oxygens (including phenoxy) is 3. The molecule has 1 rings (SSSR count). The highest BCUT2D eigenvalue weighted by molar-refractivity contribution is 7.47. The second kappa shape index (κ2) is 36.3. The number of hydrogen-bond acceptors (Lipinski definition) is 11. The van der Waals surface area contributed by atoms with Gasteiger partial charge in [-0.15, -0.1) is 0 Å². The van der Waals surface area contributed by atoms with Crippen molar-refractivity contribution < 1.29 is 66.3 Å². The Morgan fingerprint density at radius 2 is 1.08 bits per heavy atom. The number of carbonyl (C=O) groups is 2. The number of unbranched alkanes of at least 4 members (excludes halogenated alkanes) is 13. The van der Waals surface area contributed by atoms with E-state index in [-0.39, 0.29) is 18.9 Å². The van der Waals surface area contributed by atoms with E-state index in [4.69, 9.17) is 28.5 Å². The lowest BCUT2D eigenvalue weighted by molar-refractivity contribution is -0.161. The molecule has 5 atom stereocenters. The summed E-state index contributed by atoms with van der Waals surface area (Å²) >= 11 is 0. The maximum Gasteiger partial charge on any atom is 0.472 e. The van der Waals surface area contributed by atoms with Crippen LogP contribution in [0.3, 0.4) is 0 Å². The number of carbonyl (C=O) groups excluding carboxylic acids is 2. The molecule has 14 nitrogen and oxygen atoms in total. The minimum Gasteiger partial charge on any atom is -0.462 e. The van der Waals surface area contributed by atoms with Crippen LogP contribution in [0.25, 0.3) is 0 Å². The Balaban J connectivity index is 2.42. The molecule has 0 aromatic heterocycles. The van der Waals surface area contributed by atoms with Gasteiger partial charge in [-0.3, -0.25) is 23.2 Å². The van der Waals surface area contributed by atoms with Gasteiger partial charge in [-0.2, -0.15) is 0 Å². The molecule has 1 aliphatic rings. The average Bonchev–Trinajstić information content (AvgIpc) is 3.96. The van der Waals surface area contributed by atoms with Gasteiger partial charge < -0.3 is 34.0 Å². The number of esters is 2. The van der Waals surface area contributed by atoms with Gasteiger partial charge in [0.2, 0.25) is 0 Å². The molecule has 0 amide bonds. The number of phosphoric acid groups is 2. The summed E-state index contributed by atoms with van der Waals surface area (Å²) in [5.74, 6) is -1.12. The van der Waals surface area contributed by atoms with E-state index in [9.17, 15) is 28.7 Å². The average molecular weight is 891 g/mol. The van der Waals surface area contributed by atoms with Crippen molar-refractivity contribution >= 4 is 27.6 Å². The van der Waals surface area contributed by atoms with Gasteiger partial charge in [0.05, 0.1) is 32.0 Å². The van der Waals surface area contributed by atoms with Crippen LogP contribution < -0.4 is 0 Å². The third kappa shape index (κ3) is 36.4. The van der Waals surface area contributed by atoms with Gasteiger partial charge in [0, 0.05) is 12.8 Å². The third-order valence-electron chi connectivity index (χ3n) is 9.30. The lowest BCUT2D eigenvalue weighted by Gasteiger charge is -2.20. The smallest absolute Gasteiger partial charge is 0.462 e. The highest BCUT2D eigenvalue weighted by Gasteiger charge is 2.36. The minimum absolute atomic E-state index is 0.0444. The molecule has 60 heavy (non-hydrogen) atoms. The molecule has 1 fully saturated rings. The summed E-state index contributed by atoms with van der Waals surface area (Å²) in [6, 6.07) is 0. The van der Waals surface area contributed by atoms with Crippen LogP contribution in [0.1, 0.15) is 155 Å². The SMILES string of the molecule is CCCCC/C=C\CC1OC1C/C=C\C/C=C\CCCC(=O)O[C@H](COC(=O)CCCCCCC/C=C\C=C/CCCCCC)COP(=O)(O)OC[C@@H](O)COP(=O)(O)O. The summed E-state index contributed by atoms with van der Waals surface area (Å²) in [5.41, 5.74) is 0. The first kappa shape index (κ1) is 55.8. The molecule has 0 bridgehead atoms. The van der Waals surface area contributed by atoms with Crippen LogP contribution >= 0.6 is 15.6 Å². The van der Waals surface area contributed by atoms with E-state index in [1.807, 2.05) is 12.2 Å². The quantitative estimate of drug-likeness (QED) is 0.0113. The molecule has 0 spiro atoms. The van der Waals surface area contributed by atoms with Crippen LogP contribution in [0.2, 0.25) is 0 Å². The van der Waals surface area contributed by atoms with Crippen molar-refractivity contribution in [1.82, 2.24) is 0 Å². The summed E-state index contributed by atoms with van der Waals surface area (Å²) in [7, 11) is -9.71. The predicted molar refractivity (Wildman–Crippen MR) is 234 cm³/mol. The third-order valence-corrected chi connectivity index (χ3v) is 10.7. The maximum atomic E-state index is 12.7. The molecular formula is C44H76O14P2. The summed E-state index contributed by atoms with van der Waals surface area (Å²) in [6.45, 7) is 1.61. The highest BCUT2D eigenvalue weighted by atomic mass is 31.2. The van der Waals surface area contributed by atoms with Gasteiger partial charge in [-0.1, -0.05) is 126 Å². The zero-order chi connectivity index (χ0) is 44.2. The van der Waals surface area contributed by atoms with Crippen molar-refractivity contribution in [2.45, 2.75) is 180 Å². The first-order chi connectivity index (χ1) is 28.8. The Bertz CT molecular complexity index is 1360. The van der Waals surface area contributed by atoms with Crippen LogP contribution in [0.15, 0.2) is 60.8 Å². The molecule has 4 N–H and O–H groups in total. The Morgan fingerprint density at radius 1 is 0.583 bits per heavy atom. The second-order valence-corrected chi connectivity index (χ2v) is 17.7. The summed E-state index contributed by atoms with van der Waals surface area (Å²) < 4.78 is 53.5. The lowest BCUT2D eigenvalue weighted by Crippen LogP contribution is -2.29. The largest absolute Gasteiger partial charge is 0.472 e. The van der Waals surface area contributed by atoms with Crippen LogP contribution in [0, 0.1) is 0 Å². The molecule has 3 unspecified atom stereocenters. The Kier molecular flexibility index (Phi) is 33.7. The Labute approximate surface area is 359 Å². The standard InChI is InChI=1S/C44H76O14P2/c1-3-5-7-9-11-12-13-14-15-16-17-18-21-25-29-33-43(46)53-37-40(38-56-60(51,52)55-36-39(45)35-54-59(48,49)50)57-44(47)34-30-26-22-19-20-24-28-32-42-41(58-42)31-27-23-10-8-6-4-2/h12-15,19,22-24,27-28,39-42,45H,3-11,16-18,20-21,25-26,29-38H2,1-2H3,(H,51,52)(H2,48,49,50)/b13-12-,15-14-,22-19-,27-23-,28-24-/t39-,40+,41?,42?/m0/s1. The molecule has 1 saturated heterocycles. The molecule has 0 aromatic carbocycles. The van der Waals surface area contributed by atoms with Gasteiger partial charge in [0.15, 0.2) is 6.10 Å². The van der Waals surface area contributed by atoms with Crippen molar-refractivity contribution in [2.24, 2.45) is 0 Å². The van der Waals surface area contributed by atoms with E-state index >= 15 is 0 Å². The van der Waals surface area contributed by atoms with Gasteiger partial charge in [-0.25, -0.2) is 9.13 Å². The molecule has 0 saturated carbocycles. The maximum absolute atomic E-state index is 12.7. The van der Waals surface area contributed by atoms with Crippen LogP contribution in [-0.2, 0) is 46.5 Å². The fourth-order valence-electron chi connectivity index (χ4n) is 5.78. The first-order valence-corrected chi connectivity index (χ1v) is 25.1. The molecule has 1 aliphatic heterocycles. The van der Waals surface area contributed by atoms with E-state index in [2.05, 4.69) is 71.5 Å². The fraction of sp³-hybridized carbons (Fsp3) is 0.727. The zero-order valence-corrected chi connectivity index (χ0v) is 38.0. The van der Waals surface area contributed by atoms with Crippen molar-refractivity contribution in [3.05, 3.63) is 60.8 Å². The van der Waals surface area contributed by atoms with E-state index < -0.39 is 66.2 Å². The number of rotatable bonds is 40. The van der Waals surface area contributed by atoms with Crippen molar-refractivity contribution in [2.75, 3.05) is 26.4 Å². The molecule has 0 aromatic rings. The van der Waals surface area contributed by atoms with E-state index in [1.165, 1.54) is 44.9 Å². The number of aliphatic hydroxyl groups excluding tert-OH is 1. The highest BCUT2D eigenvalue weighted by Crippen LogP contribution is 2.44. The van der Waals surface area contributed by atoms with Gasteiger partial charge in [-0.05, 0) is 77.0 Å². The summed E-state index contributed by atoms with van der Waals surface area (Å²) in [6.07, 6.45) is 39.6. The molecular weight excluding hydrogens is 814 g/mol. The minimum atomic E-state index is -4.87. The Morgan fingerprint density at radius 3 is 1.77 bits per heavy atom. The lowest BCUT2D eigenvalue weighted by atomic mass is 10.1. The van der Waals surface area contributed by atoms with Gasteiger partial charge >= 0.3 is 27.6 Å². The Hall–Kier alpha value is -2.22. The molecule has 0 aliphatic carbocycles. The van der Waals surface area contributed by atoms with Gasteiger partial charge in [0.25, 0.3) is 0 Å². The number of aliphatic hydroxyl groups is 1. The second-order valence-electron chi connectivity index (χ2n) is 15.0. The van der Waals surface area contributed by atoms with E-state index in [1.54, 1.807) is 0 Å². The summed E-state index contributed by atoms with van der Waals surface area (Å²) in [4.78, 5) is 52.7. The van der Waals surface area contributed by atoms with Crippen molar-refractivity contribution in [3.8, 4) is 0 Å². The van der Waals surface area contributed by atoms with E-state index in [0.717, 1.165) is 64.2 Å². The van der Waals surface area contributed by atoms with Crippen molar-refractivity contribution in [3.63, 3.8) is 0 Å². The number of phosphoric ester groups is 2. The number of hydrogen-bond donors (Lipinski definition) is 4. The molecule has 1 heterocycles. The van der Waals surface area contributed by atoms with Crippen LogP contribution in [0.5, 0.6) is 0 Å². The predicted octanol–water partition coefficient (Wildman–Crippen LogP) is 10.2. The van der Waals surface area contributed by atoms with Crippen molar-refractivity contribution in [1.29, 1.82) is 0 Å². The van der Waals surface area contributed by atoms with Crippen LogP contribution in [-0.4, -0.2) is 82.6 Å². The van der Waals surface area contributed by atoms with Crippen LogP contribution in [0.4, 0.5) is 0 Å². The number of epoxide rings is 1. The zero-order valence-electron chi connectivity index (χ0n) is 36.2. The number of allylic oxidation sites excluding steroid dienone is 8. The molecule has 0 radical (unpaired) electrons. The molecule has 346 valence electrons. The molecule has 16 heteroatoms. The first-order valence-electron chi connectivity index (χ1n) is 22.1.